The number of thiazole rings is 1. The van der Waals surface area contributed by atoms with E-state index in [1.807, 2.05) is 6.92 Å². The van der Waals surface area contributed by atoms with Crippen LogP contribution in [0.25, 0.3) is 0 Å². The molecule has 1 atom stereocenters. The van der Waals surface area contributed by atoms with Gasteiger partial charge in [-0.05, 0) is 39.0 Å². The molecule has 0 radical (unpaired) electrons. The number of fused-ring (bicyclic) bond motifs is 1. The van der Waals surface area contributed by atoms with Crippen molar-refractivity contribution in [3.8, 4) is 0 Å². The summed E-state index contributed by atoms with van der Waals surface area (Å²) in [5.41, 5.74) is 0.990. The first kappa shape index (κ1) is 12.9. The summed E-state index contributed by atoms with van der Waals surface area (Å²) < 4.78 is 5.15. The van der Waals surface area contributed by atoms with Crippen molar-refractivity contribution in [1.82, 2.24) is 4.98 Å². The molecule has 5 heteroatoms. The molecular weight excluding hydrogens is 260 g/mol. The van der Waals surface area contributed by atoms with Crippen LogP contribution >= 0.6 is 11.3 Å². The van der Waals surface area contributed by atoms with Gasteiger partial charge in [-0.15, -0.1) is 11.3 Å². The Kier molecular flexibility index (Phi) is 3.73. The molecule has 1 aromatic rings. The van der Waals surface area contributed by atoms with E-state index in [-0.39, 0.29) is 11.9 Å². The minimum Gasteiger partial charge on any atom is -0.465 e. The van der Waals surface area contributed by atoms with Crippen molar-refractivity contribution >= 4 is 22.4 Å². The predicted molar refractivity (Wildman–Crippen MR) is 75.9 cm³/mol. The van der Waals surface area contributed by atoms with Crippen LogP contribution in [0.5, 0.6) is 0 Å². The van der Waals surface area contributed by atoms with Crippen LogP contribution in [0.4, 0.5) is 5.13 Å². The topological polar surface area (TPSA) is 42.4 Å². The van der Waals surface area contributed by atoms with Gasteiger partial charge in [0.25, 0.3) is 0 Å². The molecule has 104 valence electrons. The van der Waals surface area contributed by atoms with Gasteiger partial charge in [-0.25, -0.2) is 4.98 Å². The highest BCUT2D eigenvalue weighted by molar-refractivity contribution is 7.15. The number of hydrogen-bond donors (Lipinski definition) is 0. The van der Waals surface area contributed by atoms with Gasteiger partial charge in [0.05, 0.1) is 12.3 Å². The van der Waals surface area contributed by atoms with E-state index in [1.165, 1.54) is 24.1 Å². The number of carbonyl (C=O) groups excluding carboxylic acids is 1. The third kappa shape index (κ3) is 2.48. The Labute approximate surface area is 117 Å². The van der Waals surface area contributed by atoms with Crippen molar-refractivity contribution in [2.45, 2.75) is 44.9 Å². The highest BCUT2D eigenvalue weighted by Gasteiger charge is 2.34. The molecule has 1 saturated heterocycles. The highest BCUT2D eigenvalue weighted by atomic mass is 32.1. The fourth-order valence-corrected chi connectivity index (χ4v) is 4.10. The van der Waals surface area contributed by atoms with Crippen LogP contribution in [0.3, 0.4) is 0 Å². The van der Waals surface area contributed by atoms with Gasteiger partial charge in [0, 0.05) is 18.0 Å². The second-order valence-corrected chi connectivity index (χ2v) is 6.26. The van der Waals surface area contributed by atoms with Crippen LogP contribution in [-0.2, 0) is 16.0 Å². The van der Waals surface area contributed by atoms with Crippen LogP contribution in [0.2, 0.25) is 0 Å². The van der Waals surface area contributed by atoms with Gasteiger partial charge in [0.15, 0.2) is 5.13 Å². The normalized spacial score (nSPS) is 22.4. The lowest BCUT2D eigenvalue weighted by atomic mass is 10.1. The monoisotopic (exact) mass is 280 g/mol. The SMILES string of the molecule is CCOC(=O)C1CCc2sc(N3CCCCC3)nc21. The molecule has 4 nitrogen and oxygen atoms in total. The average Bonchev–Trinajstić information content (AvgIpc) is 2.99. The predicted octanol–water partition coefficient (Wildman–Crippen LogP) is 2.73. The van der Waals surface area contributed by atoms with E-state index in [0.29, 0.717) is 6.61 Å². The number of ether oxygens (including phenoxy) is 1. The number of aromatic nitrogens is 1. The maximum Gasteiger partial charge on any atom is 0.315 e. The van der Waals surface area contributed by atoms with Crippen molar-refractivity contribution in [1.29, 1.82) is 0 Å². The standard InChI is InChI=1S/C14H20N2O2S/c1-2-18-13(17)10-6-7-11-12(10)15-14(19-11)16-8-4-3-5-9-16/h10H,2-9H2,1H3. The van der Waals surface area contributed by atoms with Crippen LogP contribution < -0.4 is 4.90 Å². The molecule has 0 N–H and O–H groups in total. The van der Waals surface area contributed by atoms with Gasteiger partial charge in [-0.3, -0.25) is 4.79 Å². The smallest absolute Gasteiger partial charge is 0.315 e. The van der Waals surface area contributed by atoms with Gasteiger partial charge < -0.3 is 9.64 Å². The number of aryl methyl sites for hydroxylation is 1. The van der Waals surface area contributed by atoms with Crippen molar-refractivity contribution < 1.29 is 9.53 Å². The third-order valence-corrected chi connectivity index (χ3v) is 5.10. The minimum absolute atomic E-state index is 0.100. The number of rotatable bonds is 3. The molecular formula is C14H20N2O2S. The van der Waals surface area contributed by atoms with E-state index >= 15 is 0 Å². The first-order valence-corrected chi connectivity index (χ1v) is 8.02. The quantitative estimate of drug-likeness (QED) is 0.798. The van der Waals surface area contributed by atoms with E-state index in [2.05, 4.69) is 4.90 Å². The number of esters is 1. The summed E-state index contributed by atoms with van der Waals surface area (Å²) in [5, 5.41) is 1.11. The lowest BCUT2D eigenvalue weighted by Crippen LogP contribution is -2.29. The molecule has 1 aliphatic heterocycles. The number of carbonyl (C=O) groups is 1. The zero-order valence-electron chi connectivity index (χ0n) is 11.4. The zero-order valence-corrected chi connectivity index (χ0v) is 12.2. The Hall–Kier alpha value is -1.10. The molecule has 1 aliphatic carbocycles. The maximum atomic E-state index is 11.9. The van der Waals surface area contributed by atoms with Gasteiger partial charge in [-0.1, -0.05) is 0 Å². The molecule has 0 bridgehead atoms. The molecule has 2 heterocycles. The van der Waals surface area contributed by atoms with E-state index in [9.17, 15) is 4.79 Å². The second-order valence-electron chi connectivity index (χ2n) is 5.20. The molecule has 1 aromatic heterocycles. The maximum absolute atomic E-state index is 11.9. The summed E-state index contributed by atoms with van der Waals surface area (Å²) in [6, 6.07) is 0. The van der Waals surface area contributed by atoms with Gasteiger partial charge in [0.2, 0.25) is 0 Å². The molecule has 0 saturated carbocycles. The van der Waals surface area contributed by atoms with Gasteiger partial charge in [0.1, 0.15) is 5.92 Å². The minimum atomic E-state index is -0.121. The lowest BCUT2D eigenvalue weighted by Gasteiger charge is -2.26. The number of hydrogen-bond acceptors (Lipinski definition) is 5. The molecule has 2 aliphatic rings. The summed E-state index contributed by atoms with van der Waals surface area (Å²) in [5.74, 6) is -0.221. The number of anilines is 1. The lowest BCUT2D eigenvalue weighted by molar-refractivity contribution is -0.145. The summed E-state index contributed by atoms with van der Waals surface area (Å²) in [4.78, 5) is 20.3. The molecule has 1 unspecified atom stereocenters. The van der Waals surface area contributed by atoms with E-state index in [4.69, 9.17) is 9.72 Å². The Morgan fingerprint density at radius 1 is 1.42 bits per heavy atom. The molecule has 0 spiro atoms. The summed E-state index contributed by atoms with van der Waals surface area (Å²) in [6.07, 6.45) is 5.68. The molecule has 3 rings (SSSR count). The van der Waals surface area contributed by atoms with Crippen molar-refractivity contribution in [3.63, 3.8) is 0 Å². The Morgan fingerprint density at radius 2 is 2.21 bits per heavy atom. The first-order chi connectivity index (χ1) is 9.29. The second kappa shape index (κ2) is 5.49. The van der Waals surface area contributed by atoms with E-state index in [0.717, 1.165) is 36.8 Å². The largest absolute Gasteiger partial charge is 0.465 e. The van der Waals surface area contributed by atoms with E-state index < -0.39 is 0 Å². The Balaban J connectivity index is 1.78. The van der Waals surface area contributed by atoms with Crippen molar-refractivity contribution in [3.05, 3.63) is 10.6 Å². The van der Waals surface area contributed by atoms with Crippen molar-refractivity contribution in [2.75, 3.05) is 24.6 Å². The fraction of sp³-hybridized carbons (Fsp3) is 0.714. The number of piperidine rings is 1. The van der Waals surface area contributed by atoms with Crippen LogP contribution in [0, 0.1) is 0 Å². The highest BCUT2D eigenvalue weighted by Crippen LogP contribution is 2.40. The Bertz CT molecular complexity index is 466. The average molecular weight is 280 g/mol. The Morgan fingerprint density at radius 3 is 2.95 bits per heavy atom. The summed E-state index contributed by atoms with van der Waals surface area (Å²) in [6.45, 7) is 4.52. The van der Waals surface area contributed by atoms with Crippen LogP contribution in [-0.4, -0.2) is 30.6 Å². The third-order valence-electron chi connectivity index (χ3n) is 3.90. The molecule has 1 fully saturated rings. The van der Waals surface area contributed by atoms with E-state index in [1.54, 1.807) is 11.3 Å². The molecule has 0 aromatic carbocycles. The van der Waals surface area contributed by atoms with Gasteiger partial charge >= 0.3 is 5.97 Å². The zero-order chi connectivity index (χ0) is 13.2. The first-order valence-electron chi connectivity index (χ1n) is 7.20. The van der Waals surface area contributed by atoms with Gasteiger partial charge in [-0.2, -0.15) is 0 Å². The summed E-state index contributed by atoms with van der Waals surface area (Å²) in [7, 11) is 0. The number of nitrogens with zero attached hydrogens (tertiary/aromatic N) is 2. The van der Waals surface area contributed by atoms with Crippen LogP contribution in [0.15, 0.2) is 0 Å². The summed E-state index contributed by atoms with van der Waals surface area (Å²) >= 11 is 1.77. The van der Waals surface area contributed by atoms with Crippen LogP contribution in [0.1, 0.15) is 49.1 Å². The fourth-order valence-electron chi connectivity index (χ4n) is 2.91. The molecule has 0 amide bonds. The molecule has 19 heavy (non-hydrogen) atoms. The van der Waals surface area contributed by atoms with Crippen molar-refractivity contribution in [2.24, 2.45) is 0 Å².